The Bertz CT molecular complexity index is 649. The average molecular weight is 303 g/mol. The number of carbonyl (C=O) groups excluding carboxylic acids is 2. The van der Waals surface area contributed by atoms with Crippen molar-refractivity contribution in [1.82, 2.24) is 5.16 Å². The van der Waals surface area contributed by atoms with Gasteiger partial charge in [0, 0.05) is 11.8 Å². The van der Waals surface area contributed by atoms with Crippen molar-refractivity contribution in [1.29, 1.82) is 0 Å². The van der Waals surface area contributed by atoms with Crippen LogP contribution in [0, 0.1) is 6.92 Å². The highest BCUT2D eigenvalue weighted by atomic mass is 16.5. The smallest absolute Gasteiger partial charge is 0.338 e. The molecular formula is C15H17N3O4. The number of ether oxygens (including phenoxy) is 1. The molecule has 0 atom stereocenters. The van der Waals surface area contributed by atoms with E-state index in [9.17, 15) is 9.59 Å². The highest BCUT2D eigenvalue weighted by Crippen LogP contribution is 2.11. The van der Waals surface area contributed by atoms with Gasteiger partial charge >= 0.3 is 5.97 Å². The van der Waals surface area contributed by atoms with Gasteiger partial charge in [-0.05, 0) is 38.1 Å². The Hall–Kier alpha value is -2.83. The molecule has 1 aromatic carbocycles. The van der Waals surface area contributed by atoms with E-state index in [-0.39, 0.29) is 18.4 Å². The minimum atomic E-state index is -0.367. The number of benzene rings is 1. The van der Waals surface area contributed by atoms with E-state index in [1.165, 1.54) is 0 Å². The fourth-order valence-corrected chi connectivity index (χ4v) is 1.73. The predicted molar refractivity (Wildman–Crippen MR) is 80.8 cm³/mol. The van der Waals surface area contributed by atoms with Crippen LogP contribution in [0.2, 0.25) is 0 Å². The van der Waals surface area contributed by atoms with E-state index in [2.05, 4.69) is 15.8 Å². The van der Waals surface area contributed by atoms with Gasteiger partial charge in [-0.25, -0.2) is 4.79 Å². The molecule has 7 nitrogen and oxygen atoms in total. The van der Waals surface area contributed by atoms with Gasteiger partial charge in [0.25, 0.3) is 0 Å². The van der Waals surface area contributed by atoms with E-state index < -0.39 is 0 Å². The standard InChI is InChI=1S/C15H17N3O4/c1-3-21-15(20)11-4-6-12(7-5-11)16-9-14(19)17-13-8-10(2)22-18-13/h4-8,16H,3,9H2,1-2H3,(H,17,18,19). The number of aromatic nitrogens is 1. The number of hydrogen-bond acceptors (Lipinski definition) is 6. The van der Waals surface area contributed by atoms with Crippen LogP contribution in [0.5, 0.6) is 0 Å². The number of hydrogen-bond donors (Lipinski definition) is 2. The second-order valence-electron chi connectivity index (χ2n) is 4.52. The second kappa shape index (κ2) is 7.26. The highest BCUT2D eigenvalue weighted by Gasteiger charge is 2.07. The normalized spacial score (nSPS) is 10.1. The molecule has 0 aliphatic heterocycles. The maximum Gasteiger partial charge on any atom is 0.338 e. The molecule has 0 spiro atoms. The van der Waals surface area contributed by atoms with E-state index in [1.54, 1.807) is 44.2 Å². The highest BCUT2D eigenvalue weighted by molar-refractivity contribution is 5.93. The third-order valence-electron chi connectivity index (χ3n) is 2.74. The van der Waals surface area contributed by atoms with E-state index in [4.69, 9.17) is 9.26 Å². The molecule has 22 heavy (non-hydrogen) atoms. The maximum absolute atomic E-state index is 11.7. The minimum absolute atomic E-state index is 0.0741. The fourth-order valence-electron chi connectivity index (χ4n) is 1.73. The molecule has 1 aromatic heterocycles. The van der Waals surface area contributed by atoms with E-state index in [0.717, 1.165) is 5.69 Å². The molecular weight excluding hydrogens is 286 g/mol. The van der Waals surface area contributed by atoms with Crippen LogP contribution in [0.4, 0.5) is 11.5 Å². The first-order chi connectivity index (χ1) is 10.6. The molecule has 0 unspecified atom stereocenters. The van der Waals surface area contributed by atoms with Gasteiger partial charge in [-0.2, -0.15) is 0 Å². The van der Waals surface area contributed by atoms with Crippen molar-refractivity contribution in [2.45, 2.75) is 13.8 Å². The number of rotatable bonds is 6. The molecule has 1 amide bonds. The zero-order valence-corrected chi connectivity index (χ0v) is 12.4. The lowest BCUT2D eigenvalue weighted by molar-refractivity contribution is -0.114. The lowest BCUT2D eigenvalue weighted by Gasteiger charge is -2.07. The Morgan fingerprint density at radius 3 is 2.59 bits per heavy atom. The van der Waals surface area contributed by atoms with E-state index in [0.29, 0.717) is 23.7 Å². The maximum atomic E-state index is 11.7. The summed E-state index contributed by atoms with van der Waals surface area (Å²) in [6.07, 6.45) is 0. The van der Waals surface area contributed by atoms with Crippen LogP contribution in [0.3, 0.4) is 0 Å². The number of carbonyl (C=O) groups is 2. The number of esters is 1. The van der Waals surface area contributed by atoms with Crippen LogP contribution in [0.1, 0.15) is 23.0 Å². The third-order valence-corrected chi connectivity index (χ3v) is 2.74. The summed E-state index contributed by atoms with van der Waals surface area (Å²) >= 11 is 0. The largest absolute Gasteiger partial charge is 0.462 e. The summed E-state index contributed by atoms with van der Waals surface area (Å²) in [6, 6.07) is 8.32. The van der Waals surface area contributed by atoms with E-state index in [1.807, 2.05) is 0 Å². The number of anilines is 2. The molecule has 2 aromatic rings. The summed E-state index contributed by atoms with van der Waals surface area (Å²) in [5, 5.41) is 9.22. The molecule has 0 fully saturated rings. The molecule has 0 saturated carbocycles. The van der Waals surface area contributed by atoms with Crippen LogP contribution in [0.15, 0.2) is 34.9 Å². The first-order valence-corrected chi connectivity index (χ1v) is 6.82. The topological polar surface area (TPSA) is 93.5 Å². The Balaban J connectivity index is 1.83. The monoisotopic (exact) mass is 303 g/mol. The Labute approximate surface area is 127 Å². The van der Waals surface area contributed by atoms with E-state index >= 15 is 0 Å². The lowest BCUT2D eigenvalue weighted by atomic mass is 10.2. The summed E-state index contributed by atoms with van der Waals surface area (Å²) in [7, 11) is 0. The second-order valence-corrected chi connectivity index (χ2v) is 4.52. The van der Waals surface area contributed by atoms with Gasteiger partial charge < -0.3 is 19.9 Å². The molecule has 2 N–H and O–H groups in total. The van der Waals surface area contributed by atoms with Gasteiger partial charge in [0.05, 0.1) is 18.7 Å². The summed E-state index contributed by atoms with van der Waals surface area (Å²) in [5.74, 6) is 0.385. The summed E-state index contributed by atoms with van der Waals surface area (Å²) < 4.78 is 9.75. The molecule has 0 saturated heterocycles. The van der Waals surface area contributed by atoms with Gasteiger partial charge in [0.15, 0.2) is 5.82 Å². The fraction of sp³-hybridized carbons (Fsp3) is 0.267. The molecule has 0 aliphatic rings. The van der Waals surface area contributed by atoms with Crippen molar-refractivity contribution in [2.75, 3.05) is 23.8 Å². The van der Waals surface area contributed by atoms with Crippen molar-refractivity contribution in [3.63, 3.8) is 0 Å². The third kappa shape index (κ3) is 4.34. The SMILES string of the molecule is CCOC(=O)c1ccc(NCC(=O)Nc2cc(C)on2)cc1. The van der Waals surface area contributed by atoms with Crippen molar-refractivity contribution in [2.24, 2.45) is 0 Å². The van der Waals surface area contributed by atoms with Crippen molar-refractivity contribution >= 4 is 23.4 Å². The summed E-state index contributed by atoms with van der Waals surface area (Å²) in [6.45, 7) is 3.90. The molecule has 116 valence electrons. The Morgan fingerprint density at radius 1 is 1.27 bits per heavy atom. The van der Waals surface area contributed by atoms with Gasteiger partial charge in [-0.1, -0.05) is 5.16 Å². The van der Waals surface area contributed by atoms with Crippen LogP contribution >= 0.6 is 0 Å². The predicted octanol–water partition coefficient (Wildman–Crippen LogP) is 2.21. The number of nitrogens with zero attached hydrogens (tertiary/aromatic N) is 1. The Morgan fingerprint density at radius 2 is 2.00 bits per heavy atom. The van der Waals surface area contributed by atoms with Crippen molar-refractivity contribution in [3.8, 4) is 0 Å². The van der Waals surface area contributed by atoms with Crippen molar-refractivity contribution in [3.05, 3.63) is 41.7 Å². The molecule has 0 bridgehead atoms. The molecule has 7 heteroatoms. The number of amides is 1. The minimum Gasteiger partial charge on any atom is -0.462 e. The molecule has 2 rings (SSSR count). The number of aryl methyl sites for hydroxylation is 1. The molecule has 1 heterocycles. The van der Waals surface area contributed by atoms with Crippen molar-refractivity contribution < 1.29 is 18.8 Å². The van der Waals surface area contributed by atoms with Gasteiger partial charge in [0.1, 0.15) is 5.76 Å². The van der Waals surface area contributed by atoms with Gasteiger partial charge in [-0.15, -0.1) is 0 Å². The van der Waals surface area contributed by atoms with Gasteiger partial charge in [0.2, 0.25) is 5.91 Å². The van der Waals surface area contributed by atoms with Gasteiger partial charge in [-0.3, -0.25) is 4.79 Å². The molecule has 0 radical (unpaired) electrons. The summed E-state index contributed by atoms with van der Waals surface area (Å²) in [5.41, 5.74) is 1.19. The number of nitrogens with one attached hydrogen (secondary N) is 2. The summed E-state index contributed by atoms with van der Waals surface area (Å²) in [4.78, 5) is 23.2. The Kier molecular flexibility index (Phi) is 5.13. The zero-order valence-electron chi connectivity index (χ0n) is 12.4. The van der Waals surface area contributed by atoms with Crippen LogP contribution in [0.25, 0.3) is 0 Å². The van der Waals surface area contributed by atoms with Crippen LogP contribution in [-0.2, 0) is 9.53 Å². The zero-order chi connectivity index (χ0) is 15.9. The van der Waals surface area contributed by atoms with Crippen LogP contribution < -0.4 is 10.6 Å². The first kappa shape index (κ1) is 15.6. The lowest BCUT2D eigenvalue weighted by Crippen LogP contribution is -2.21. The van der Waals surface area contributed by atoms with Crippen LogP contribution in [-0.4, -0.2) is 30.2 Å². The molecule has 0 aliphatic carbocycles. The first-order valence-electron chi connectivity index (χ1n) is 6.82. The average Bonchev–Trinajstić information content (AvgIpc) is 2.91. The quantitative estimate of drug-likeness (QED) is 0.795.